The minimum atomic E-state index is -4.54. The molecular formula is C13H18F3NO3. The molecule has 114 valence electrons. The van der Waals surface area contributed by atoms with E-state index in [0.29, 0.717) is 0 Å². The molecule has 1 unspecified atom stereocenters. The second-order valence-electron chi connectivity index (χ2n) is 4.97. The zero-order valence-corrected chi connectivity index (χ0v) is 11.7. The highest BCUT2D eigenvalue weighted by Crippen LogP contribution is 2.43. The smallest absolute Gasteiger partial charge is 0.404 e. The number of benzene rings is 1. The fourth-order valence-electron chi connectivity index (χ4n) is 1.85. The molecule has 0 aliphatic rings. The van der Waals surface area contributed by atoms with E-state index in [0.717, 1.165) is 0 Å². The number of ether oxygens (including phenoxy) is 2. The maximum absolute atomic E-state index is 12.8. The number of methoxy groups -OCH3 is 2. The van der Waals surface area contributed by atoms with E-state index in [2.05, 4.69) is 0 Å². The summed E-state index contributed by atoms with van der Waals surface area (Å²) in [6.07, 6.45) is -4.54. The van der Waals surface area contributed by atoms with Gasteiger partial charge in [-0.1, -0.05) is 13.8 Å². The highest BCUT2D eigenvalue weighted by Gasteiger charge is 2.47. The van der Waals surface area contributed by atoms with Crippen LogP contribution in [0.4, 0.5) is 13.2 Å². The fourth-order valence-corrected chi connectivity index (χ4v) is 1.85. The third-order valence-electron chi connectivity index (χ3n) is 3.35. The number of phenolic OH excluding ortho intramolecular Hbond substituents is 1. The molecule has 1 aromatic rings. The number of phenols is 1. The first kappa shape index (κ1) is 16.4. The van der Waals surface area contributed by atoms with Gasteiger partial charge in [0.25, 0.3) is 0 Å². The zero-order valence-electron chi connectivity index (χ0n) is 11.7. The Bertz CT molecular complexity index is 461. The van der Waals surface area contributed by atoms with Crippen molar-refractivity contribution < 1.29 is 27.8 Å². The van der Waals surface area contributed by atoms with Gasteiger partial charge in [-0.25, -0.2) is 0 Å². The van der Waals surface area contributed by atoms with Gasteiger partial charge >= 0.3 is 6.18 Å². The first-order valence-electron chi connectivity index (χ1n) is 5.83. The predicted molar refractivity (Wildman–Crippen MR) is 68.3 cm³/mol. The van der Waals surface area contributed by atoms with Crippen molar-refractivity contribution in [3.63, 3.8) is 0 Å². The van der Waals surface area contributed by atoms with Gasteiger partial charge in [0.2, 0.25) is 5.75 Å². The molecule has 7 heteroatoms. The van der Waals surface area contributed by atoms with Crippen LogP contribution in [0.1, 0.15) is 19.4 Å². The third kappa shape index (κ3) is 2.92. The van der Waals surface area contributed by atoms with Crippen LogP contribution in [0.25, 0.3) is 0 Å². The largest absolute Gasteiger partial charge is 0.502 e. The van der Waals surface area contributed by atoms with Crippen LogP contribution in [-0.4, -0.2) is 31.5 Å². The third-order valence-corrected chi connectivity index (χ3v) is 3.35. The van der Waals surface area contributed by atoms with Gasteiger partial charge in [-0.3, -0.25) is 0 Å². The standard InChI is InChI=1S/C13H18F3NO3/c1-12(2,11(17)13(14,15)16)7-5-8(19-3)10(18)9(6-7)20-4/h5-6,11,18H,17H2,1-4H3. The van der Waals surface area contributed by atoms with Gasteiger partial charge in [0, 0.05) is 5.41 Å². The van der Waals surface area contributed by atoms with Gasteiger partial charge in [0.05, 0.1) is 14.2 Å². The number of rotatable bonds is 4. The summed E-state index contributed by atoms with van der Waals surface area (Å²) >= 11 is 0. The molecule has 3 N–H and O–H groups in total. The van der Waals surface area contributed by atoms with E-state index >= 15 is 0 Å². The number of nitrogens with two attached hydrogens (primary N) is 1. The summed E-state index contributed by atoms with van der Waals surface area (Å²) in [7, 11) is 2.60. The number of aromatic hydroxyl groups is 1. The monoisotopic (exact) mass is 293 g/mol. The molecule has 0 bridgehead atoms. The van der Waals surface area contributed by atoms with E-state index in [1.165, 1.54) is 40.2 Å². The first-order valence-corrected chi connectivity index (χ1v) is 5.83. The highest BCUT2D eigenvalue weighted by atomic mass is 19.4. The summed E-state index contributed by atoms with van der Waals surface area (Å²) in [4.78, 5) is 0. The lowest BCUT2D eigenvalue weighted by molar-refractivity contribution is -0.160. The van der Waals surface area contributed by atoms with Gasteiger partial charge in [0.15, 0.2) is 11.5 Å². The van der Waals surface area contributed by atoms with Crippen molar-refractivity contribution >= 4 is 0 Å². The van der Waals surface area contributed by atoms with E-state index in [1.54, 1.807) is 0 Å². The molecule has 0 aromatic heterocycles. The molecule has 0 fully saturated rings. The quantitative estimate of drug-likeness (QED) is 0.895. The Morgan fingerprint density at radius 1 is 1.10 bits per heavy atom. The molecule has 1 aromatic carbocycles. The van der Waals surface area contributed by atoms with Crippen LogP contribution >= 0.6 is 0 Å². The van der Waals surface area contributed by atoms with Gasteiger partial charge < -0.3 is 20.3 Å². The molecule has 0 saturated heterocycles. The van der Waals surface area contributed by atoms with Crippen LogP contribution in [-0.2, 0) is 5.41 Å². The lowest BCUT2D eigenvalue weighted by atomic mass is 9.77. The highest BCUT2D eigenvalue weighted by molar-refractivity contribution is 5.54. The summed E-state index contributed by atoms with van der Waals surface area (Å²) in [5.41, 5.74) is 4.16. The van der Waals surface area contributed by atoms with Gasteiger partial charge in [-0.15, -0.1) is 0 Å². The van der Waals surface area contributed by atoms with Crippen LogP contribution in [0.15, 0.2) is 12.1 Å². The second-order valence-corrected chi connectivity index (χ2v) is 4.97. The Kier molecular flexibility index (Phi) is 4.43. The lowest BCUT2D eigenvalue weighted by Gasteiger charge is -2.34. The van der Waals surface area contributed by atoms with E-state index in [9.17, 15) is 18.3 Å². The van der Waals surface area contributed by atoms with Crippen molar-refractivity contribution in [2.45, 2.75) is 31.5 Å². The Morgan fingerprint density at radius 3 is 1.80 bits per heavy atom. The molecule has 0 aliphatic heterocycles. The van der Waals surface area contributed by atoms with Crippen molar-refractivity contribution in [2.75, 3.05) is 14.2 Å². The molecule has 0 saturated carbocycles. The summed E-state index contributed by atoms with van der Waals surface area (Å²) in [6.45, 7) is 2.74. The summed E-state index contributed by atoms with van der Waals surface area (Å²) in [5, 5.41) is 9.77. The van der Waals surface area contributed by atoms with E-state index in [-0.39, 0.29) is 22.8 Å². The molecule has 0 radical (unpaired) electrons. The molecular weight excluding hydrogens is 275 g/mol. The summed E-state index contributed by atoms with van der Waals surface area (Å²) < 4.78 is 48.4. The molecule has 0 spiro atoms. The average molecular weight is 293 g/mol. The van der Waals surface area contributed by atoms with Crippen molar-refractivity contribution in [2.24, 2.45) is 5.73 Å². The zero-order chi connectivity index (χ0) is 15.7. The van der Waals surface area contributed by atoms with Crippen molar-refractivity contribution in [3.05, 3.63) is 17.7 Å². The van der Waals surface area contributed by atoms with Gasteiger partial charge in [-0.2, -0.15) is 13.2 Å². The van der Waals surface area contributed by atoms with Crippen molar-refractivity contribution in [3.8, 4) is 17.2 Å². The van der Waals surface area contributed by atoms with Crippen LogP contribution in [0.2, 0.25) is 0 Å². The van der Waals surface area contributed by atoms with Crippen LogP contribution < -0.4 is 15.2 Å². The van der Waals surface area contributed by atoms with Gasteiger partial charge in [-0.05, 0) is 17.7 Å². The van der Waals surface area contributed by atoms with Crippen LogP contribution in [0.5, 0.6) is 17.2 Å². The SMILES string of the molecule is COc1cc(C(C)(C)C(N)C(F)(F)F)cc(OC)c1O. The molecule has 0 amide bonds. The van der Waals surface area contributed by atoms with E-state index in [1.807, 2.05) is 0 Å². The Morgan fingerprint density at radius 2 is 1.50 bits per heavy atom. The summed E-state index contributed by atoms with van der Waals surface area (Å²) in [6, 6.07) is 0.585. The molecule has 0 aliphatic carbocycles. The molecule has 20 heavy (non-hydrogen) atoms. The lowest BCUT2D eigenvalue weighted by Crippen LogP contribution is -2.51. The van der Waals surface area contributed by atoms with E-state index < -0.39 is 17.6 Å². The minimum absolute atomic E-state index is 0.0294. The Balaban J connectivity index is 3.38. The Hall–Kier alpha value is -1.63. The molecule has 1 atom stereocenters. The number of hydrogen-bond acceptors (Lipinski definition) is 4. The van der Waals surface area contributed by atoms with Crippen molar-refractivity contribution in [1.29, 1.82) is 0 Å². The summed E-state index contributed by atoms with van der Waals surface area (Å²) in [5.74, 6) is -0.210. The minimum Gasteiger partial charge on any atom is -0.502 e. The second kappa shape index (κ2) is 5.40. The average Bonchev–Trinajstić information content (AvgIpc) is 2.36. The first-order chi connectivity index (χ1) is 9.05. The normalized spacial score (nSPS) is 14.0. The topological polar surface area (TPSA) is 64.7 Å². The van der Waals surface area contributed by atoms with E-state index in [4.69, 9.17) is 15.2 Å². The predicted octanol–water partition coefficient (Wildman–Crippen LogP) is 2.58. The number of hydrogen-bond donors (Lipinski definition) is 2. The fraction of sp³-hybridized carbons (Fsp3) is 0.538. The number of halogens is 3. The maximum Gasteiger partial charge on any atom is 0.404 e. The maximum atomic E-state index is 12.8. The van der Waals surface area contributed by atoms with Gasteiger partial charge in [0.1, 0.15) is 6.04 Å². The molecule has 1 rings (SSSR count). The van der Waals surface area contributed by atoms with Crippen LogP contribution in [0, 0.1) is 0 Å². The number of alkyl halides is 3. The van der Waals surface area contributed by atoms with Crippen LogP contribution in [0.3, 0.4) is 0 Å². The molecule has 4 nitrogen and oxygen atoms in total. The Labute approximate surface area is 115 Å². The molecule has 0 heterocycles. The van der Waals surface area contributed by atoms with Crippen molar-refractivity contribution in [1.82, 2.24) is 0 Å².